The van der Waals surface area contributed by atoms with E-state index in [-0.39, 0.29) is 0 Å². The Morgan fingerprint density at radius 1 is 1.14 bits per heavy atom. The molecule has 1 heterocycles. The van der Waals surface area contributed by atoms with Gasteiger partial charge in [0.05, 0.1) is 18.5 Å². The van der Waals surface area contributed by atoms with E-state index >= 15 is 0 Å². The Morgan fingerprint density at radius 2 is 1.91 bits per heavy atom. The summed E-state index contributed by atoms with van der Waals surface area (Å²) in [6.07, 6.45) is 4.01. The lowest BCUT2D eigenvalue weighted by Crippen LogP contribution is -1.98. The third-order valence-corrected chi connectivity index (χ3v) is 4.21. The van der Waals surface area contributed by atoms with Crippen LogP contribution in [0.4, 0.5) is 0 Å². The molecule has 1 aromatic heterocycles. The number of thioether (sulfide) groups is 1. The zero-order valence-electron chi connectivity index (χ0n) is 12.3. The van der Waals surface area contributed by atoms with E-state index in [9.17, 15) is 0 Å². The highest BCUT2D eigenvalue weighted by Gasteiger charge is 2.14. The summed E-state index contributed by atoms with van der Waals surface area (Å²) in [6, 6.07) is 15.7. The Morgan fingerprint density at radius 3 is 2.59 bits per heavy atom. The van der Waals surface area contributed by atoms with Crippen LogP contribution in [0.2, 0.25) is 5.02 Å². The van der Waals surface area contributed by atoms with Gasteiger partial charge in [0.2, 0.25) is 0 Å². The van der Waals surface area contributed by atoms with Crippen LogP contribution in [-0.4, -0.2) is 22.9 Å². The maximum absolute atomic E-state index is 6.15. The number of rotatable bonds is 4. The van der Waals surface area contributed by atoms with Gasteiger partial charge in [-0.3, -0.25) is 4.57 Å². The van der Waals surface area contributed by atoms with Gasteiger partial charge < -0.3 is 4.74 Å². The van der Waals surface area contributed by atoms with E-state index in [4.69, 9.17) is 21.3 Å². The van der Waals surface area contributed by atoms with E-state index in [0.717, 1.165) is 27.9 Å². The van der Waals surface area contributed by atoms with Gasteiger partial charge in [-0.05, 0) is 24.5 Å². The van der Waals surface area contributed by atoms with Crippen molar-refractivity contribution in [2.24, 2.45) is 0 Å². The van der Waals surface area contributed by atoms with Crippen molar-refractivity contribution in [2.75, 3.05) is 13.4 Å². The molecule has 0 saturated carbocycles. The van der Waals surface area contributed by atoms with Crippen LogP contribution in [0.1, 0.15) is 0 Å². The topological polar surface area (TPSA) is 27.1 Å². The largest absolute Gasteiger partial charge is 0.495 e. The fraction of sp³-hybridized carbons (Fsp3) is 0.118. The number of halogens is 1. The third kappa shape index (κ3) is 2.85. The van der Waals surface area contributed by atoms with Gasteiger partial charge in [-0.15, -0.1) is 0 Å². The van der Waals surface area contributed by atoms with Crippen molar-refractivity contribution < 1.29 is 4.74 Å². The van der Waals surface area contributed by atoms with Crippen molar-refractivity contribution >= 4 is 23.4 Å². The van der Waals surface area contributed by atoms with Crippen LogP contribution >= 0.6 is 23.4 Å². The molecule has 0 aliphatic rings. The van der Waals surface area contributed by atoms with E-state index in [1.165, 1.54) is 0 Å². The van der Waals surface area contributed by atoms with Gasteiger partial charge in [0.1, 0.15) is 5.75 Å². The van der Waals surface area contributed by atoms with Crippen LogP contribution in [-0.2, 0) is 0 Å². The van der Waals surface area contributed by atoms with Crippen molar-refractivity contribution in [3.63, 3.8) is 0 Å². The van der Waals surface area contributed by atoms with Crippen molar-refractivity contribution in [1.29, 1.82) is 0 Å². The fourth-order valence-electron chi connectivity index (χ4n) is 2.28. The summed E-state index contributed by atoms with van der Waals surface area (Å²) >= 11 is 7.73. The molecular formula is C17H15ClN2OS. The molecule has 0 aliphatic carbocycles. The number of imidazole rings is 1. The Hall–Kier alpha value is -1.91. The zero-order valence-corrected chi connectivity index (χ0v) is 13.9. The lowest BCUT2D eigenvalue weighted by Gasteiger charge is -2.11. The highest BCUT2D eigenvalue weighted by molar-refractivity contribution is 7.98. The summed E-state index contributed by atoms with van der Waals surface area (Å²) in [5.41, 5.74) is 2.89. The van der Waals surface area contributed by atoms with Crippen LogP contribution < -0.4 is 4.74 Å². The predicted octanol–water partition coefficient (Wildman–Crippen LogP) is 4.92. The summed E-state index contributed by atoms with van der Waals surface area (Å²) in [4.78, 5) is 4.71. The van der Waals surface area contributed by atoms with Gasteiger partial charge in [0.15, 0.2) is 5.16 Å². The molecule has 0 saturated heterocycles. The fourth-order valence-corrected chi connectivity index (χ4v) is 2.98. The molecule has 0 radical (unpaired) electrons. The van der Waals surface area contributed by atoms with Gasteiger partial charge in [0.25, 0.3) is 0 Å². The molecule has 0 fully saturated rings. The van der Waals surface area contributed by atoms with Crippen molar-refractivity contribution in [1.82, 2.24) is 9.55 Å². The van der Waals surface area contributed by atoms with Gasteiger partial charge in [-0.1, -0.05) is 53.7 Å². The summed E-state index contributed by atoms with van der Waals surface area (Å²) < 4.78 is 7.46. The highest BCUT2D eigenvalue weighted by Crippen LogP contribution is 2.32. The minimum atomic E-state index is 0.665. The first-order valence-electron chi connectivity index (χ1n) is 6.75. The number of hydrogen-bond donors (Lipinski definition) is 0. The molecule has 0 amide bonds. The molecule has 0 atom stereocenters. The highest BCUT2D eigenvalue weighted by atomic mass is 35.5. The van der Waals surface area contributed by atoms with Crippen molar-refractivity contribution in [2.45, 2.75) is 5.16 Å². The van der Waals surface area contributed by atoms with E-state index in [1.807, 2.05) is 65.6 Å². The summed E-state index contributed by atoms with van der Waals surface area (Å²) in [6.45, 7) is 0. The maximum Gasteiger partial charge on any atom is 0.173 e. The SMILES string of the molecule is COc1ccc(Cl)cc1-n1cc(-c2ccccc2)nc1SC. The van der Waals surface area contributed by atoms with E-state index in [0.29, 0.717) is 5.02 Å². The van der Waals surface area contributed by atoms with Crippen LogP contribution in [0.15, 0.2) is 59.9 Å². The minimum absolute atomic E-state index is 0.665. The molecule has 5 heteroatoms. The first-order valence-corrected chi connectivity index (χ1v) is 8.36. The second kappa shape index (κ2) is 6.46. The second-order valence-corrected chi connectivity index (χ2v) is 5.87. The monoisotopic (exact) mass is 330 g/mol. The number of nitrogens with zero attached hydrogens (tertiary/aromatic N) is 2. The number of hydrogen-bond acceptors (Lipinski definition) is 3. The Balaban J connectivity index is 2.15. The normalized spacial score (nSPS) is 10.7. The molecule has 3 rings (SSSR count). The molecule has 0 bridgehead atoms. The Bertz CT molecular complexity index is 787. The standard InChI is InChI=1S/C17H15ClN2OS/c1-21-16-9-8-13(18)10-15(16)20-11-14(19-17(20)22-2)12-6-4-3-5-7-12/h3-11H,1-2H3. The maximum atomic E-state index is 6.15. The lowest BCUT2D eigenvalue weighted by molar-refractivity contribution is 0.412. The summed E-state index contributed by atoms with van der Waals surface area (Å²) in [5.74, 6) is 0.761. The number of benzene rings is 2. The lowest BCUT2D eigenvalue weighted by atomic mass is 10.2. The first kappa shape index (κ1) is 15.0. The van der Waals surface area contributed by atoms with E-state index < -0.39 is 0 Å². The molecular weight excluding hydrogens is 316 g/mol. The van der Waals surface area contributed by atoms with E-state index in [1.54, 1.807) is 18.9 Å². The quantitative estimate of drug-likeness (QED) is 0.635. The van der Waals surface area contributed by atoms with Gasteiger partial charge in [-0.2, -0.15) is 0 Å². The third-order valence-electron chi connectivity index (χ3n) is 3.33. The number of methoxy groups -OCH3 is 1. The van der Waals surface area contributed by atoms with Gasteiger partial charge >= 0.3 is 0 Å². The molecule has 0 aliphatic heterocycles. The van der Waals surface area contributed by atoms with Crippen molar-refractivity contribution in [3.8, 4) is 22.7 Å². The molecule has 0 spiro atoms. The molecule has 0 N–H and O–H groups in total. The summed E-state index contributed by atoms with van der Waals surface area (Å²) in [7, 11) is 1.65. The summed E-state index contributed by atoms with van der Waals surface area (Å²) in [5, 5.41) is 1.55. The molecule has 3 nitrogen and oxygen atoms in total. The minimum Gasteiger partial charge on any atom is -0.495 e. The van der Waals surface area contributed by atoms with Crippen molar-refractivity contribution in [3.05, 3.63) is 59.8 Å². The van der Waals surface area contributed by atoms with Gasteiger partial charge in [-0.25, -0.2) is 4.98 Å². The molecule has 112 valence electrons. The van der Waals surface area contributed by atoms with Gasteiger partial charge in [0, 0.05) is 16.8 Å². The predicted molar refractivity (Wildman–Crippen MR) is 92.3 cm³/mol. The average molecular weight is 331 g/mol. The molecule has 0 unspecified atom stereocenters. The second-order valence-electron chi connectivity index (χ2n) is 4.67. The van der Waals surface area contributed by atoms with Crippen LogP contribution in [0.25, 0.3) is 16.9 Å². The zero-order chi connectivity index (χ0) is 15.5. The molecule has 22 heavy (non-hydrogen) atoms. The smallest absolute Gasteiger partial charge is 0.173 e. The number of aromatic nitrogens is 2. The number of ether oxygens (including phenoxy) is 1. The Kier molecular flexibility index (Phi) is 4.41. The Labute approximate surface area is 138 Å². The van der Waals surface area contributed by atoms with Crippen LogP contribution in [0.5, 0.6) is 5.75 Å². The van der Waals surface area contributed by atoms with Crippen LogP contribution in [0.3, 0.4) is 0 Å². The molecule has 3 aromatic rings. The van der Waals surface area contributed by atoms with E-state index in [2.05, 4.69) is 0 Å². The first-order chi connectivity index (χ1) is 10.7. The molecule has 2 aromatic carbocycles. The average Bonchev–Trinajstić information content (AvgIpc) is 3.00. The van der Waals surface area contributed by atoms with Crippen LogP contribution in [0, 0.1) is 0 Å².